The van der Waals surface area contributed by atoms with Crippen molar-refractivity contribution in [1.82, 2.24) is 15.1 Å². The van der Waals surface area contributed by atoms with Crippen molar-refractivity contribution in [1.29, 1.82) is 0 Å². The number of aryl methyl sites for hydroxylation is 1. The molecule has 0 unspecified atom stereocenters. The molecule has 0 aromatic carbocycles. The van der Waals surface area contributed by atoms with Gasteiger partial charge in [0.05, 0.1) is 11.7 Å². The lowest BCUT2D eigenvalue weighted by Crippen LogP contribution is -2.52. The summed E-state index contributed by atoms with van der Waals surface area (Å²) in [5.41, 5.74) is 7.34. The molecule has 0 bridgehead atoms. The number of nitrogens with zero attached hydrogens (tertiary/aromatic N) is 2. The molecule has 0 radical (unpaired) electrons. The Bertz CT molecular complexity index is 393. The zero-order valence-corrected chi connectivity index (χ0v) is 11.1. The van der Waals surface area contributed by atoms with Gasteiger partial charge in [0.15, 0.2) is 0 Å². The highest BCUT2D eigenvalue weighted by Gasteiger charge is 2.29. The number of rotatable bonds is 5. The fourth-order valence-corrected chi connectivity index (χ4v) is 1.64. The molecule has 0 saturated carbocycles. The van der Waals surface area contributed by atoms with Crippen LogP contribution in [0, 0.1) is 6.92 Å². The quantitative estimate of drug-likeness (QED) is 0.799. The second-order valence-corrected chi connectivity index (χ2v) is 4.42. The lowest BCUT2D eigenvalue weighted by atomic mass is 9.93. The van der Waals surface area contributed by atoms with Gasteiger partial charge in [-0.25, -0.2) is 0 Å². The van der Waals surface area contributed by atoms with E-state index in [9.17, 15) is 4.79 Å². The molecule has 0 aliphatic rings. The summed E-state index contributed by atoms with van der Waals surface area (Å²) in [4.78, 5) is 12.0. The first-order valence-corrected chi connectivity index (χ1v) is 5.99. The SMILES string of the molecule is CCC(N)(CC)C(=O)NCc1cnn(C)c1C. The van der Waals surface area contributed by atoms with E-state index < -0.39 is 5.54 Å². The highest BCUT2D eigenvalue weighted by atomic mass is 16.2. The van der Waals surface area contributed by atoms with Gasteiger partial charge in [0.25, 0.3) is 0 Å². The number of aromatic nitrogens is 2. The molecular formula is C12H22N4O. The van der Waals surface area contributed by atoms with Crippen LogP contribution in [0.4, 0.5) is 0 Å². The van der Waals surface area contributed by atoms with E-state index in [2.05, 4.69) is 10.4 Å². The van der Waals surface area contributed by atoms with E-state index >= 15 is 0 Å². The maximum atomic E-state index is 12.0. The second kappa shape index (κ2) is 5.31. The molecule has 0 fully saturated rings. The third-order valence-electron chi connectivity index (χ3n) is 3.49. The summed E-state index contributed by atoms with van der Waals surface area (Å²) >= 11 is 0. The minimum atomic E-state index is -0.754. The van der Waals surface area contributed by atoms with E-state index in [-0.39, 0.29) is 5.91 Å². The van der Waals surface area contributed by atoms with Gasteiger partial charge in [0.2, 0.25) is 5.91 Å². The van der Waals surface area contributed by atoms with Crippen molar-refractivity contribution in [2.45, 2.75) is 45.7 Å². The van der Waals surface area contributed by atoms with Crippen LogP contribution in [0.15, 0.2) is 6.20 Å². The molecule has 0 aliphatic heterocycles. The standard InChI is InChI=1S/C12H22N4O/c1-5-12(13,6-2)11(17)14-7-10-8-15-16(4)9(10)3/h8H,5-7,13H2,1-4H3,(H,14,17). The number of amides is 1. The van der Waals surface area contributed by atoms with Gasteiger partial charge >= 0.3 is 0 Å². The van der Waals surface area contributed by atoms with Gasteiger partial charge in [-0.3, -0.25) is 9.48 Å². The number of nitrogens with two attached hydrogens (primary N) is 1. The van der Waals surface area contributed by atoms with Crippen molar-refractivity contribution >= 4 is 5.91 Å². The maximum absolute atomic E-state index is 12.0. The van der Waals surface area contributed by atoms with E-state index in [4.69, 9.17) is 5.73 Å². The van der Waals surface area contributed by atoms with Gasteiger partial charge in [-0.05, 0) is 19.8 Å². The predicted molar refractivity (Wildman–Crippen MR) is 67.3 cm³/mol. The third kappa shape index (κ3) is 2.85. The molecule has 1 amide bonds. The molecule has 5 nitrogen and oxygen atoms in total. The molecule has 17 heavy (non-hydrogen) atoms. The topological polar surface area (TPSA) is 72.9 Å². The Morgan fingerprint density at radius 3 is 2.53 bits per heavy atom. The summed E-state index contributed by atoms with van der Waals surface area (Å²) < 4.78 is 1.79. The van der Waals surface area contributed by atoms with Crippen LogP contribution >= 0.6 is 0 Å². The molecule has 0 saturated heterocycles. The molecule has 1 heterocycles. The zero-order chi connectivity index (χ0) is 13.1. The minimum absolute atomic E-state index is 0.0919. The van der Waals surface area contributed by atoms with E-state index in [0.29, 0.717) is 19.4 Å². The normalized spacial score (nSPS) is 11.6. The Kier molecular flexibility index (Phi) is 4.28. The molecule has 5 heteroatoms. The molecule has 96 valence electrons. The van der Waals surface area contributed by atoms with Crippen molar-refractivity contribution in [3.63, 3.8) is 0 Å². The maximum Gasteiger partial charge on any atom is 0.240 e. The molecule has 0 atom stereocenters. The van der Waals surface area contributed by atoms with Crippen LogP contribution in [0.2, 0.25) is 0 Å². The highest BCUT2D eigenvalue weighted by Crippen LogP contribution is 2.12. The minimum Gasteiger partial charge on any atom is -0.350 e. The average Bonchev–Trinajstić information content (AvgIpc) is 2.66. The Hall–Kier alpha value is -1.36. The van der Waals surface area contributed by atoms with E-state index in [1.165, 1.54) is 0 Å². The van der Waals surface area contributed by atoms with E-state index in [1.807, 2.05) is 27.8 Å². The van der Waals surface area contributed by atoms with E-state index in [0.717, 1.165) is 11.3 Å². The highest BCUT2D eigenvalue weighted by molar-refractivity contribution is 5.85. The molecule has 0 spiro atoms. The van der Waals surface area contributed by atoms with Crippen LogP contribution in [0.3, 0.4) is 0 Å². The van der Waals surface area contributed by atoms with Crippen molar-refractivity contribution in [3.05, 3.63) is 17.5 Å². The van der Waals surface area contributed by atoms with E-state index in [1.54, 1.807) is 10.9 Å². The Morgan fingerprint density at radius 2 is 2.12 bits per heavy atom. The molecular weight excluding hydrogens is 216 g/mol. The lowest BCUT2D eigenvalue weighted by Gasteiger charge is -2.25. The fourth-order valence-electron chi connectivity index (χ4n) is 1.64. The first kappa shape index (κ1) is 13.7. The number of carbonyl (C=O) groups is 1. The summed E-state index contributed by atoms with van der Waals surface area (Å²) in [6, 6.07) is 0. The van der Waals surface area contributed by atoms with Crippen molar-refractivity contribution in [2.24, 2.45) is 12.8 Å². The van der Waals surface area contributed by atoms with Crippen LogP contribution < -0.4 is 11.1 Å². The monoisotopic (exact) mass is 238 g/mol. The van der Waals surface area contributed by atoms with Crippen molar-refractivity contribution < 1.29 is 4.79 Å². The number of nitrogens with one attached hydrogen (secondary N) is 1. The summed E-state index contributed by atoms with van der Waals surface area (Å²) in [6.07, 6.45) is 3.05. The van der Waals surface area contributed by atoms with Gasteiger partial charge in [-0.2, -0.15) is 5.10 Å². The van der Waals surface area contributed by atoms with Gasteiger partial charge in [0.1, 0.15) is 0 Å². The number of hydrogen-bond donors (Lipinski definition) is 2. The van der Waals surface area contributed by atoms with Crippen LogP contribution in [-0.2, 0) is 18.4 Å². The largest absolute Gasteiger partial charge is 0.350 e. The first-order valence-electron chi connectivity index (χ1n) is 5.99. The van der Waals surface area contributed by atoms with Gasteiger partial charge in [-0.1, -0.05) is 13.8 Å². The van der Waals surface area contributed by atoms with Gasteiger partial charge < -0.3 is 11.1 Å². The zero-order valence-electron chi connectivity index (χ0n) is 11.1. The van der Waals surface area contributed by atoms with Gasteiger partial charge in [0, 0.05) is 24.8 Å². The molecule has 1 aromatic heterocycles. The summed E-state index contributed by atoms with van der Waals surface area (Å²) in [6.45, 7) is 6.32. The lowest BCUT2D eigenvalue weighted by molar-refractivity contribution is -0.126. The van der Waals surface area contributed by atoms with Crippen LogP contribution in [0.25, 0.3) is 0 Å². The Morgan fingerprint density at radius 1 is 1.53 bits per heavy atom. The number of carbonyl (C=O) groups excluding carboxylic acids is 1. The van der Waals surface area contributed by atoms with Crippen LogP contribution in [-0.4, -0.2) is 21.2 Å². The summed E-state index contributed by atoms with van der Waals surface area (Å²) in [5, 5.41) is 7.01. The Labute approximate surface area is 102 Å². The van der Waals surface area contributed by atoms with Crippen molar-refractivity contribution in [2.75, 3.05) is 0 Å². The molecule has 0 aliphatic carbocycles. The average molecular weight is 238 g/mol. The fraction of sp³-hybridized carbons (Fsp3) is 0.667. The third-order valence-corrected chi connectivity index (χ3v) is 3.49. The summed E-state index contributed by atoms with van der Waals surface area (Å²) in [5.74, 6) is -0.0919. The number of hydrogen-bond acceptors (Lipinski definition) is 3. The predicted octanol–water partition coefficient (Wildman–Crippen LogP) is 0.862. The molecule has 1 aromatic rings. The Balaban J connectivity index is 2.63. The van der Waals surface area contributed by atoms with Gasteiger partial charge in [-0.15, -0.1) is 0 Å². The summed E-state index contributed by atoms with van der Waals surface area (Å²) in [7, 11) is 1.88. The first-order chi connectivity index (χ1) is 7.94. The molecule has 3 N–H and O–H groups in total. The smallest absolute Gasteiger partial charge is 0.240 e. The second-order valence-electron chi connectivity index (χ2n) is 4.42. The van der Waals surface area contributed by atoms with Crippen LogP contribution in [0.5, 0.6) is 0 Å². The van der Waals surface area contributed by atoms with Crippen LogP contribution in [0.1, 0.15) is 37.9 Å². The van der Waals surface area contributed by atoms with Crippen molar-refractivity contribution in [3.8, 4) is 0 Å². The molecule has 1 rings (SSSR count).